The van der Waals surface area contributed by atoms with Crippen LogP contribution in [0.4, 0.5) is 0 Å². The fourth-order valence-electron chi connectivity index (χ4n) is 2.11. The highest BCUT2D eigenvalue weighted by molar-refractivity contribution is 5.01. The predicted octanol–water partition coefficient (Wildman–Crippen LogP) is 6.08. The Balaban J connectivity index is 3.46. The molecule has 0 saturated carbocycles. The van der Waals surface area contributed by atoms with Gasteiger partial charge in [0.15, 0.2) is 0 Å². The molecule has 16 heavy (non-hydrogen) atoms. The quantitative estimate of drug-likeness (QED) is 0.294. The summed E-state index contributed by atoms with van der Waals surface area (Å²) in [5.41, 5.74) is 1.64. The second kappa shape index (κ2) is 12.8. The number of rotatable bonds is 11. The van der Waals surface area contributed by atoms with E-state index in [9.17, 15) is 0 Å². The van der Waals surface area contributed by atoms with Gasteiger partial charge in [-0.3, -0.25) is 0 Å². The van der Waals surface area contributed by atoms with Crippen molar-refractivity contribution in [3.05, 3.63) is 18.6 Å². The van der Waals surface area contributed by atoms with Crippen molar-refractivity contribution in [2.75, 3.05) is 0 Å². The summed E-state index contributed by atoms with van der Waals surface area (Å²) in [7, 11) is 0. The number of allylic oxidation sites excluding steroid dienone is 2. The van der Waals surface area contributed by atoms with Crippen LogP contribution in [0.2, 0.25) is 0 Å². The fraction of sp³-hybridized carbons (Fsp3) is 0.812. The predicted molar refractivity (Wildman–Crippen MR) is 75.6 cm³/mol. The van der Waals surface area contributed by atoms with E-state index in [4.69, 9.17) is 0 Å². The van der Waals surface area contributed by atoms with Crippen LogP contribution in [-0.2, 0) is 0 Å². The Morgan fingerprint density at radius 3 is 2.19 bits per heavy atom. The van der Waals surface area contributed by atoms with Crippen LogP contribution >= 0.6 is 0 Å². The van der Waals surface area contributed by atoms with Crippen LogP contribution in [0.15, 0.2) is 11.6 Å². The smallest absolute Gasteiger partial charge is 0.0320 e. The van der Waals surface area contributed by atoms with Crippen molar-refractivity contribution in [1.29, 1.82) is 0 Å². The maximum atomic E-state index is 3.95. The van der Waals surface area contributed by atoms with Crippen LogP contribution < -0.4 is 0 Å². The summed E-state index contributed by atoms with van der Waals surface area (Å²) < 4.78 is 0. The first kappa shape index (κ1) is 15.7. The summed E-state index contributed by atoms with van der Waals surface area (Å²) in [4.78, 5) is 0. The van der Waals surface area contributed by atoms with E-state index in [0.717, 1.165) is 6.42 Å². The van der Waals surface area contributed by atoms with Crippen LogP contribution in [0, 0.1) is 6.92 Å². The van der Waals surface area contributed by atoms with Crippen LogP contribution in [0.3, 0.4) is 0 Å². The molecule has 0 aliphatic rings. The third-order valence-corrected chi connectivity index (χ3v) is 3.06. The lowest BCUT2D eigenvalue weighted by Crippen LogP contribution is -1.84. The van der Waals surface area contributed by atoms with Crippen molar-refractivity contribution >= 4 is 0 Å². The molecule has 0 heteroatoms. The largest absolute Gasteiger partial charge is 0.0853 e. The molecular weight excluding hydrogens is 192 g/mol. The molecule has 0 rings (SSSR count). The van der Waals surface area contributed by atoms with E-state index >= 15 is 0 Å². The van der Waals surface area contributed by atoms with Gasteiger partial charge in [-0.2, -0.15) is 0 Å². The first-order valence-corrected chi connectivity index (χ1v) is 7.32. The molecule has 0 aliphatic carbocycles. The summed E-state index contributed by atoms with van der Waals surface area (Å²) in [6, 6.07) is 0. The lowest BCUT2D eigenvalue weighted by Gasteiger charge is -2.04. The number of unbranched alkanes of at least 4 members (excludes halogenated alkanes) is 6. The third kappa shape index (κ3) is 10.3. The van der Waals surface area contributed by atoms with Gasteiger partial charge >= 0.3 is 0 Å². The second-order valence-electron chi connectivity index (χ2n) is 4.77. The Bertz CT molecular complexity index is 147. The zero-order valence-corrected chi connectivity index (χ0v) is 11.6. The highest BCUT2D eigenvalue weighted by Gasteiger charge is 1.94. The van der Waals surface area contributed by atoms with Crippen LogP contribution in [0.25, 0.3) is 0 Å². The van der Waals surface area contributed by atoms with E-state index in [1.54, 1.807) is 5.57 Å². The van der Waals surface area contributed by atoms with Crippen molar-refractivity contribution in [3.63, 3.8) is 0 Å². The van der Waals surface area contributed by atoms with Gasteiger partial charge in [-0.25, -0.2) is 0 Å². The van der Waals surface area contributed by atoms with Gasteiger partial charge < -0.3 is 0 Å². The molecule has 0 spiro atoms. The molecule has 95 valence electrons. The Morgan fingerprint density at radius 1 is 0.875 bits per heavy atom. The van der Waals surface area contributed by atoms with Gasteiger partial charge in [-0.1, -0.05) is 70.9 Å². The lowest BCUT2D eigenvalue weighted by atomic mass is 10.0. The van der Waals surface area contributed by atoms with Gasteiger partial charge in [0.25, 0.3) is 0 Å². The first-order valence-electron chi connectivity index (χ1n) is 7.32. The van der Waals surface area contributed by atoms with Gasteiger partial charge in [0.05, 0.1) is 0 Å². The van der Waals surface area contributed by atoms with Crippen molar-refractivity contribution in [1.82, 2.24) is 0 Å². The first-order chi connectivity index (χ1) is 7.85. The zero-order valence-electron chi connectivity index (χ0n) is 11.6. The van der Waals surface area contributed by atoms with E-state index in [2.05, 4.69) is 26.8 Å². The minimum atomic E-state index is 1.06. The average molecular weight is 223 g/mol. The van der Waals surface area contributed by atoms with E-state index in [0.29, 0.717) is 0 Å². The lowest BCUT2D eigenvalue weighted by molar-refractivity contribution is 0.610. The summed E-state index contributed by atoms with van der Waals surface area (Å²) in [6.45, 7) is 8.49. The molecule has 0 aromatic heterocycles. The van der Waals surface area contributed by atoms with Gasteiger partial charge in [0.2, 0.25) is 0 Å². The van der Waals surface area contributed by atoms with Crippen LogP contribution in [-0.4, -0.2) is 0 Å². The molecule has 0 saturated heterocycles. The molecule has 0 N–H and O–H groups in total. The van der Waals surface area contributed by atoms with E-state index < -0.39 is 0 Å². The fourth-order valence-corrected chi connectivity index (χ4v) is 2.11. The highest BCUT2D eigenvalue weighted by atomic mass is 14.0. The van der Waals surface area contributed by atoms with Crippen LogP contribution in [0.5, 0.6) is 0 Å². The summed E-state index contributed by atoms with van der Waals surface area (Å²) >= 11 is 0. The highest BCUT2D eigenvalue weighted by Crippen LogP contribution is 2.15. The molecular formula is C16H31. The second-order valence-corrected chi connectivity index (χ2v) is 4.77. The van der Waals surface area contributed by atoms with Gasteiger partial charge in [-0.05, 0) is 32.1 Å². The summed E-state index contributed by atoms with van der Waals surface area (Å²) in [5, 5.41) is 0. The molecule has 0 unspecified atom stereocenters. The van der Waals surface area contributed by atoms with E-state index in [1.807, 2.05) is 0 Å². The van der Waals surface area contributed by atoms with Crippen molar-refractivity contribution < 1.29 is 0 Å². The zero-order chi connectivity index (χ0) is 12.1. The SMILES string of the molecule is [CH2]CCC(=CCCCCCCCC)CCC. The Labute approximate surface area is 104 Å². The molecule has 0 amide bonds. The Kier molecular flexibility index (Phi) is 12.6. The van der Waals surface area contributed by atoms with Gasteiger partial charge in [-0.15, -0.1) is 0 Å². The van der Waals surface area contributed by atoms with Crippen molar-refractivity contribution in [3.8, 4) is 0 Å². The minimum absolute atomic E-state index is 1.06. The number of hydrogen-bond acceptors (Lipinski definition) is 0. The summed E-state index contributed by atoms with van der Waals surface area (Å²) in [6.07, 6.45) is 17.0. The molecule has 0 atom stereocenters. The molecule has 1 radical (unpaired) electrons. The monoisotopic (exact) mass is 223 g/mol. The molecule has 0 aromatic rings. The van der Waals surface area contributed by atoms with E-state index in [1.165, 1.54) is 64.2 Å². The summed E-state index contributed by atoms with van der Waals surface area (Å²) in [5.74, 6) is 0. The average Bonchev–Trinajstić information content (AvgIpc) is 2.28. The van der Waals surface area contributed by atoms with Crippen molar-refractivity contribution in [2.24, 2.45) is 0 Å². The standard InChI is InChI=1S/C16H31/c1-4-7-8-9-10-11-12-15-16(13-5-2)14-6-3/h15H,2,4-14H2,1,3H3. The molecule has 0 aromatic carbocycles. The molecule has 0 heterocycles. The third-order valence-electron chi connectivity index (χ3n) is 3.06. The van der Waals surface area contributed by atoms with Crippen LogP contribution in [0.1, 0.15) is 84.5 Å². The minimum Gasteiger partial charge on any atom is -0.0853 e. The maximum Gasteiger partial charge on any atom is -0.0320 e. The van der Waals surface area contributed by atoms with Gasteiger partial charge in [0.1, 0.15) is 0 Å². The molecule has 0 fully saturated rings. The van der Waals surface area contributed by atoms with Gasteiger partial charge in [0, 0.05) is 0 Å². The number of hydrogen-bond donors (Lipinski definition) is 0. The Hall–Kier alpha value is -0.260. The maximum absolute atomic E-state index is 3.95. The molecule has 0 bridgehead atoms. The Morgan fingerprint density at radius 2 is 1.56 bits per heavy atom. The molecule has 0 nitrogen and oxygen atoms in total. The topological polar surface area (TPSA) is 0 Å². The van der Waals surface area contributed by atoms with Crippen molar-refractivity contribution in [2.45, 2.75) is 84.5 Å². The molecule has 0 aliphatic heterocycles. The van der Waals surface area contributed by atoms with E-state index in [-0.39, 0.29) is 0 Å². The normalized spacial score (nSPS) is 12.1.